The number of aromatic nitrogens is 1. The second-order valence-electron chi connectivity index (χ2n) is 3.29. The highest BCUT2D eigenvalue weighted by atomic mass is 16.3. The number of nitrogens with two attached hydrogens (primary N) is 1. The maximum Gasteiger partial charge on any atom is 0.198 e. The van der Waals surface area contributed by atoms with E-state index in [1.54, 1.807) is 6.20 Å². The summed E-state index contributed by atoms with van der Waals surface area (Å²) in [6, 6.07) is 7.74. The molecule has 14 heavy (non-hydrogen) atoms. The Balaban J connectivity index is 2.18. The first kappa shape index (κ1) is 8.81. The van der Waals surface area contributed by atoms with Gasteiger partial charge in [0.05, 0.1) is 6.20 Å². The zero-order valence-corrected chi connectivity index (χ0v) is 8.03. The van der Waals surface area contributed by atoms with Crippen LogP contribution in [0.3, 0.4) is 0 Å². The second-order valence-corrected chi connectivity index (χ2v) is 3.29. The van der Waals surface area contributed by atoms with Crippen LogP contribution in [0, 0.1) is 6.92 Å². The van der Waals surface area contributed by atoms with Crippen molar-refractivity contribution in [2.24, 2.45) is 0 Å². The van der Waals surface area contributed by atoms with E-state index in [9.17, 15) is 0 Å². The summed E-state index contributed by atoms with van der Waals surface area (Å²) < 4.78 is 5.38. The van der Waals surface area contributed by atoms with Crippen LogP contribution < -0.4 is 5.73 Å². The highest BCUT2D eigenvalue weighted by Crippen LogP contribution is 2.12. The van der Waals surface area contributed by atoms with Crippen LogP contribution in [0.4, 0.5) is 5.69 Å². The van der Waals surface area contributed by atoms with Crippen LogP contribution >= 0.6 is 0 Å². The summed E-state index contributed by atoms with van der Waals surface area (Å²) in [6.45, 7) is 1.88. The molecular weight excluding hydrogens is 176 g/mol. The van der Waals surface area contributed by atoms with Crippen molar-refractivity contribution in [3.8, 4) is 0 Å². The number of hydrogen-bond donors (Lipinski definition) is 1. The Kier molecular flexibility index (Phi) is 2.23. The molecule has 0 radical (unpaired) electrons. The number of oxazole rings is 1. The molecular formula is C11H12N2O. The predicted octanol–water partition coefficient (Wildman–Crippen LogP) is 2.16. The van der Waals surface area contributed by atoms with Crippen LogP contribution in [0.15, 0.2) is 34.9 Å². The van der Waals surface area contributed by atoms with Gasteiger partial charge in [0, 0.05) is 12.1 Å². The van der Waals surface area contributed by atoms with Gasteiger partial charge in [-0.05, 0) is 24.6 Å². The lowest BCUT2D eigenvalue weighted by Gasteiger charge is -1.98. The molecule has 0 aliphatic rings. The summed E-state index contributed by atoms with van der Waals surface area (Å²) in [7, 11) is 0. The molecule has 0 spiro atoms. The van der Waals surface area contributed by atoms with Crippen molar-refractivity contribution in [3.63, 3.8) is 0 Å². The highest BCUT2D eigenvalue weighted by Gasteiger charge is 2.02. The second kappa shape index (κ2) is 3.54. The van der Waals surface area contributed by atoms with Gasteiger partial charge >= 0.3 is 0 Å². The number of rotatable bonds is 2. The number of nitrogens with zero attached hydrogens (tertiary/aromatic N) is 1. The average Bonchev–Trinajstić information content (AvgIpc) is 2.51. The van der Waals surface area contributed by atoms with Crippen molar-refractivity contribution in [3.05, 3.63) is 47.7 Å². The minimum Gasteiger partial charge on any atom is -0.446 e. The van der Waals surface area contributed by atoms with Gasteiger partial charge in [0.2, 0.25) is 0 Å². The smallest absolute Gasteiger partial charge is 0.198 e. The van der Waals surface area contributed by atoms with Gasteiger partial charge < -0.3 is 10.2 Å². The summed E-state index contributed by atoms with van der Waals surface area (Å²) in [4.78, 5) is 4.13. The minimum atomic E-state index is 0.693. The predicted molar refractivity (Wildman–Crippen MR) is 54.9 cm³/mol. The summed E-state index contributed by atoms with van der Waals surface area (Å²) in [5.74, 6) is 1.57. The third-order valence-corrected chi connectivity index (χ3v) is 1.98. The van der Waals surface area contributed by atoms with E-state index in [1.165, 1.54) is 0 Å². The van der Waals surface area contributed by atoms with Gasteiger partial charge in [0.15, 0.2) is 5.89 Å². The standard InChI is InChI=1S/C11H12N2O/c1-8-7-13-11(14-8)6-9-3-2-4-10(12)5-9/h2-5,7H,6,12H2,1H3. The van der Waals surface area contributed by atoms with E-state index in [4.69, 9.17) is 10.2 Å². The monoisotopic (exact) mass is 188 g/mol. The molecule has 1 aromatic heterocycles. The molecule has 0 fully saturated rings. The Hall–Kier alpha value is -1.77. The van der Waals surface area contributed by atoms with Crippen LogP contribution in [0.5, 0.6) is 0 Å². The SMILES string of the molecule is Cc1cnc(Cc2cccc(N)c2)o1. The highest BCUT2D eigenvalue weighted by molar-refractivity contribution is 5.41. The van der Waals surface area contributed by atoms with E-state index < -0.39 is 0 Å². The van der Waals surface area contributed by atoms with Crippen molar-refractivity contribution in [2.75, 3.05) is 5.73 Å². The number of hydrogen-bond acceptors (Lipinski definition) is 3. The van der Waals surface area contributed by atoms with E-state index in [-0.39, 0.29) is 0 Å². The first-order chi connectivity index (χ1) is 6.74. The van der Waals surface area contributed by atoms with Gasteiger partial charge in [-0.15, -0.1) is 0 Å². The van der Waals surface area contributed by atoms with E-state index in [0.717, 1.165) is 22.9 Å². The molecule has 3 nitrogen and oxygen atoms in total. The number of nitrogen functional groups attached to an aromatic ring is 1. The lowest BCUT2D eigenvalue weighted by atomic mass is 10.1. The summed E-state index contributed by atoms with van der Waals surface area (Å²) in [5.41, 5.74) is 7.55. The molecule has 3 heteroatoms. The zero-order valence-electron chi connectivity index (χ0n) is 8.03. The van der Waals surface area contributed by atoms with E-state index in [1.807, 2.05) is 31.2 Å². The number of anilines is 1. The fourth-order valence-corrected chi connectivity index (χ4v) is 1.36. The molecule has 0 atom stereocenters. The largest absolute Gasteiger partial charge is 0.446 e. The molecule has 0 saturated carbocycles. The Morgan fingerprint density at radius 1 is 1.43 bits per heavy atom. The Morgan fingerprint density at radius 3 is 2.93 bits per heavy atom. The molecule has 1 aromatic carbocycles. The average molecular weight is 188 g/mol. The van der Waals surface area contributed by atoms with Crippen LogP contribution in [-0.2, 0) is 6.42 Å². The molecule has 0 bridgehead atoms. The topological polar surface area (TPSA) is 52.0 Å². The van der Waals surface area contributed by atoms with Gasteiger partial charge in [0.1, 0.15) is 5.76 Å². The van der Waals surface area contributed by atoms with Gasteiger partial charge in [-0.3, -0.25) is 0 Å². The fraction of sp³-hybridized carbons (Fsp3) is 0.182. The molecule has 1 heterocycles. The van der Waals surface area contributed by atoms with Crippen LogP contribution in [-0.4, -0.2) is 4.98 Å². The maximum atomic E-state index is 5.67. The van der Waals surface area contributed by atoms with E-state index in [0.29, 0.717) is 6.42 Å². The van der Waals surface area contributed by atoms with Gasteiger partial charge in [0.25, 0.3) is 0 Å². The maximum absolute atomic E-state index is 5.67. The quantitative estimate of drug-likeness (QED) is 0.735. The van der Waals surface area contributed by atoms with Crippen LogP contribution in [0.1, 0.15) is 17.2 Å². The van der Waals surface area contributed by atoms with Gasteiger partial charge in [-0.2, -0.15) is 0 Å². The minimum absolute atomic E-state index is 0.693. The van der Waals surface area contributed by atoms with Crippen molar-refractivity contribution in [2.45, 2.75) is 13.3 Å². The lowest BCUT2D eigenvalue weighted by molar-refractivity contribution is 0.481. The Labute approximate surface area is 82.6 Å². The molecule has 0 aliphatic heterocycles. The van der Waals surface area contributed by atoms with Gasteiger partial charge in [-0.1, -0.05) is 12.1 Å². The number of benzene rings is 1. The summed E-state index contributed by atoms with van der Waals surface area (Å²) in [6.07, 6.45) is 2.42. The van der Waals surface area contributed by atoms with E-state index in [2.05, 4.69) is 4.98 Å². The molecule has 0 amide bonds. The zero-order chi connectivity index (χ0) is 9.97. The van der Waals surface area contributed by atoms with E-state index >= 15 is 0 Å². The fourth-order valence-electron chi connectivity index (χ4n) is 1.36. The lowest BCUT2D eigenvalue weighted by Crippen LogP contribution is -1.90. The third kappa shape index (κ3) is 1.93. The Morgan fingerprint density at radius 2 is 2.29 bits per heavy atom. The van der Waals surface area contributed by atoms with Crippen LogP contribution in [0.2, 0.25) is 0 Å². The van der Waals surface area contributed by atoms with Crippen molar-refractivity contribution < 1.29 is 4.42 Å². The number of aryl methyl sites for hydroxylation is 1. The van der Waals surface area contributed by atoms with Crippen LogP contribution in [0.25, 0.3) is 0 Å². The third-order valence-electron chi connectivity index (χ3n) is 1.98. The molecule has 0 unspecified atom stereocenters. The first-order valence-electron chi connectivity index (χ1n) is 4.50. The molecule has 2 aromatic rings. The summed E-state index contributed by atoms with van der Waals surface area (Å²) >= 11 is 0. The molecule has 0 aliphatic carbocycles. The molecule has 0 saturated heterocycles. The molecule has 2 rings (SSSR count). The normalized spacial score (nSPS) is 10.4. The molecule has 72 valence electrons. The van der Waals surface area contributed by atoms with Crippen molar-refractivity contribution >= 4 is 5.69 Å². The summed E-state index contributed by atoms with van der Waals surface area (Å²) in [5, 5.41) is 0. The Bertz CT molecular complexity index is 434. The molecule has 2 N–H and O–H groups in total. The first-order valence-corrected chi connectivity index (χ1v) is 4.50. The van der Waals surface area contributed by atoms with Crippen molar-refractivity contribution in [1.29, 1.82) is 0 Å². The van der Waals surface area contributed by atoms with Gasteiger partial charge in [-0.25, -0.2) is 4.98 Å². The van der Waals surface area contributed by atoms with Crippen molar-refractivity contribution in [1.82, 2.24) is 4.98 Å².